The van der Waals surface area contributed by atoms with E-state index in [0.717, 1.165) is 6.54 Å². The van der Waals surface area contributed by atoms with Crippen molar-refractivity contribution in [1.82, 2.24) is 5.32 Å². The van der Waals surface area contributed by atoms with Crippen LogP contribution in [0.5, 0.6) is 0 Å². The number of nitrogens with zero attached hydrogens (tertiary/aromatic N) is 1. The molecule has 1 N–H and O–H groups in total. The minimum atomic E-state index is 0.531. The average molecular weight is 206 g/mol. The van der Waals surface area contributed by atoms with Crippen molar-refractivity contribution in [2.45, 2.75) is 33.4 Å². The smallest absolute Gasteiger partial charge is 0.0411 e. The Morgan fingerprint density at radius 1 is 1.33 bits per heavy atom. The van der Waals surface area contributed by atoms with Gasteiger partial charge >= 0.3 is 0 Å². The molecule has 15 heavy (non-hydrogen) atoms. The summed E-state index contributed by atoms with van der Waals surface area (Å²) < 4.78 is 0. The van der Waals surface area contributed by atoms with Crippen LogP contribution in [0.25, 0.3) is 0 Å². The summed E-state index contributed by atoms with van der Waals surface area (Å²) in [6, 6.07) is 7.17. The minimum Gasteiger partial charge on any atom is -0.372 e. The van der Waals surface area contributed by atoms with Gasteiger partial charge in [-0.05, 0) is 39.4 Å². The van der Waals surface area contributed by atoms with E-state index in [1.807, 2.05) is 7.05 Å². The van der Waals surface area contributed by atoms with E-state index in [0.29, 0.717) is 6.04 Å². The Hall–Kier alpha value is -1.02. The van der Waals surface area contributed by atoms with Crippen LogP contribution in [0.1, 0.15) is 25.0 Å². The van der Waals surface area contributed by atoms with E-state index in [-0.39, 0.29) is 0 Å². The molecule has 0 heterocycles. The second-order valence-electron chi connectivity index (χ2n) is 4.37. The topological polar surface area (TPSA) is 15.3 Å². The van der Waals surface area contributed by atoms with Crippen LogP contribution < -0.4 is 10.2 Å². The Kier molecular flexibility index (Phi) is 4.15. The van der Waals surface area contributed by atoms with E-state index >= 15 is 0 Å². The third kappa shape index (κ3) is 2.96. The van der Waals surface area contributed by atoms with Gasteiger partial charge in [0, 0.05) is 25.3 Å². The van der Waals surface area contributed by atoms with Crippen molar-refractivity contribution in [2.24, 2.45) is 0 Å². The molecule has 0 spiro atoms. The van der Waals surface area contributed by atoms with Gasteiger partial charge in [0.1, 0.15) is 0 Å². The van der Waals surface area contributed by atoms with Crippen LogP contribution in [0.15, 0.2) is 18.2 Å². The van der Waals surface area contributed by atoms with Gasteiger partial charge in [-0.1, -0.05) is 17.7 Å². The van der Waals surface area contributed by atoms with Gasteiger partial charge in [0.25, 0.3) is 0 Å². The van der Waals surface area contributed by atoms with Crippen molar-refractivity contribution < 1.29 is 0 Å². The van der Waals surface area contributed by atoms with Gasteiger partial charge in [-0.2, -0.15) is 0 Å². The van der Waals surface area contributed by atoms with Crippen LogP contribution in [0.4, 0.5) is 5.69 Å². The number of aryl methyl sites for hydroxylation is 1. The number of nitrogens with one attached hydrogen (secondary N) is 1. The molecule has 1 aromatic rings. The summed E-state index contributed by atoms with van der Waals surface area (Å²) in [6.45, 7) is 7.48. The largest absolute Gasteiger partial charge is 0.372 e. The number of rotatable bonds is 4. The Morgan fingerprint density at radius 2 is 2.00 bits per heavy atom. The lowest BCUT2D eigenvalue weighted by molar-refractivity contribution is 0.739. The summed E-state index contributed by atoms with van der Waals surface area (Å²) in [6.07, 6.45) is 0. The molecule has 0 aromatic heterocycles. The molecule has 0 aliphatic rings. The maximum absolute atomic E-state index is 3.22. The van der Waals surface area contributed by atoms with Gasteiger partial charge < -0.3 is 10.2 Å². The minimum absolute atomic E-state index is 0.531. The Balaban J connectivity index is 3.04. The zero-order chi connectivity index (χ0) is 11.4. The van der Waals surface area contributed by atoms with Crippen LogP contribution in [0.2, 0.25) is 0 Å². The SMILES string of the molecule is CNCc1cc(C)ccc1N(C)C(C)C. The fraction of sp³-hybridized carbons (Fsp3) is 0.538. The van der Waals surface area contributed by atoms with Gasteiger partial charge in [-0.3, -0.25) is 0 Å². The van der Waals surface area contributed by atoms with Crippen molar-refractivity contribution in [3.63, 3.8) is 0 Å². The van der Waals surface area contributed by atoms with Crippen molar-refractivity contribution in [2.75, 3.05) is 19.0 Å². The van der Waals surface area contributed by atoms with E-state index < -0.39 is 0 Å². The molecule has 2 heteroatoms. The summed E-state index contributed by atoms with van der Waals surface area (Å²) in [7, 11) is 4.13. The van der Waals surface area contributed by atoms with Crippen molar-refractivity contribution in [3.05, 3.63) is 29.3 Å². The molecule has 0 unspecified atom stereocenters. The van der Waals surface area contributed by atoms with Gasteiger partial charge in [-0.15, -0.1) is 0 Å². The van der Waals surface area contributed by atoms with E-state index in [9.17, 15) is 0 Å². The maximum Gasteiger partial charge on any atom is 0.0411 e. The van der Waals surface area contributed by atoms with Crippen LogP contribution in [-0.2, 0) is 6.54 Å². The van der Waals surface area contributed by atoms with Gasteiger partial charge in [0.15, 0.2) is 0 Å². The molecule has 0 atom stereocenters. The van der Waals surface area contributed by atoms with Gasteiger partial charge in [0.2, 0.25) is 0 Å². The predicted octanol–water partition coefficient (Wildman–Crippen LogP) is 2.56. The van der Waals surface area contributed by atoms with Crippen molar-refractivity contribution in [1.29, 1.82) is 0 Å². The second kappa shape index (κ2) is 5.17. The molecule has 1 aromatic carbocycles. The average Bonchev–Trinajstić information content (AvgIpc) is 2.17. The molecular formula is C13H22N2. The third-order valence-electron chi connectivity index (χ3n) is 2.76. The lowest BCUT2D eigenvalue weighted by atomic mass is 10.1. The fourth-order valence-electron chi connectivity index (χ4n) is 1.67. The first-order chi connectivity index (χ1) is 7.06. The van der Waals surface area contributed by atoms with Crippen LogP contribution in [0, 0.1) is 6.92 Å². The van der Waals surface area contributed by atoms with Crippen molar-refractivity contribution >= 4 is 5.69 Å². The first-order valence-corrected chi connectivity index (χ1v) is 5.53. The highest BCUT2D eigenvalue weighted by Gasteiger charge is 2.09. The lowest BCUT2D eigenvalue weighted by Crippen LogP contribution is -2.27. The molecule has 0 fully saturated rings. The summed E-state index contributed by atoms with van der Waals surface area (Å²) in [5.41, 5.74) is 4.01. The number of hydrogen-bond acceptors (Lipinski definition) is 2. The molecule has 0 aliphatic heterocycles. The van der Waals surface area contributed by atoms with E-state index in [1.54, 1.807) is 0 Å². The molecule has 0 radical (unpaired) electrons. The number of benzene rings is 1. The van der Waals surface area contributed by atoms with Crippen LogP contribution in [0.3, 0.4) is 0 Å². The quantitative estimate of drug-likeness (QED) is 0.814. The summed E-state index contributed by atoms with van der Waals surface area (Å²) in [5, 5.41) is 3.22. The Bertz CT molecular complexity index is 318. The molecule has 0 saturated heterocycles. The normalized spacial score (nSPS) is 10.8. The van der Waals surface area contributed by atoms with Crippen molar-refractivity contribution in [3.8, 4) is 0 Å². The zero-order valence-corrected chi connectivity index (χ0v) is 10.5. The van der Waals surface area contributed by atoms with E-state index in [1.165, 1.54) is 16.8 Å². The van der Waals surface area contributed by atoms with Crippen LogP contribution >= 0.6 is 0 Å². The van der Waals surface area contributed by atoms with E-state index in [2.05, 4.69) is 56.2 Å². The van der Waals surface area contributed by atoms with Gasteiger partial charge in [-0.25, -0.2) is 0 Å². The molecule has 0 bridgehead atoms. The molecule has 84 valence electrons. The highest BCUT2D eigenvalue weighted by Crippen LogP contribution is 2.22. The molecule has 0 amide bonds. The van der Waals surface area contributed by atoms with Crippen LogP contribution in [-0.4, -0.2) is 20.1 Å². The number of hydrogen-bond donors (Lipinski definition) is 1. The monoisotopic (exact) mass is 206 g/mol. The predicted molar refractivity (Wildman–Crippen MR) is 67.5 cm³/mol. The Morgan fingerprint density at radius 3 is 2.53 bits per heavy atom. The summed E-state index contributed by atoms with van der Waals surface area (Å²) in [4.78, 5) is 2.31. The first kappa shape index (κ1) is 12.1. The highest BCUT2D eigenvalue weighted by molar-refractivity contribution is 5.55. The fourth-order valence-corrected chi connectivity index (χ4v) is 1.67. The molecule has 0 saturated carbocycles. The second-order valence-corrected chi connectivity index (χ2v) is 4.37. The standard InChI is InChI=1S/C13H22N2/c1-10(2)15(5)13-7-6-11(3)8-12(13)9-14-4/h6-8,10,14H,9H2,1-5H3. The summed E-state index contributed by atoms with van der Waals surface area (Å²) >= 11 is 0. The summed E-state index contributed by atoms with van der Waals surface area (Å²) in [5.74, 6) is 0. The number of anilines is 1. The first-order valence-electron chi connectivity index (χ1n) is 5.53. The maximum atomic E-state index is 3.22. The lowest BCUT2D eigenvalue weighted by Gasteiger charge is -2.26. The molecule has 2 nitrogen and oxygen atoms in total. The highest BCUT2D eigenvalue weighted by atomic mass is 15.1. The molecule has 0 aliphatic carbocycles. The van der Waals surface area contributed by atoms with E-state index in [4.69, 9.17) is 0 Å². The zero-order valence-electron chi connectivity index (χ0n) is 10.5. The molecule has 1 rings (SSSR count). The third-order valence-corrected chi connectivity index (χ3v) is 2.76. The van der Waals surface area contributed by atoms with Gasteiger partial charge in [0.05, 0.1) is 0 Å². The molecular weight excluding hydrogens is 184 g/mol. The Labute approximate surface area is 93.3 Å².